The van der Waals surface area contributed by atoms with E-state index in [0.29, 0.717) is 16.0 Å². The minimum Gasteiger partial charge on any atom is -0.311 e. The van der Waals surface area contributed by atoms with Crippen LogP contribution in [0.1, 0.15) is 37.4 Å². The van der Waals surface area contributed by atoms with Gasteiger partial charge in [-0.1, -0.05) is 36.0 Å². The highest BCUT2D eigenvalue weighted by molar-refractivity contribution is 6.34. The lowest BCUT2D eigenvalue weighted by Crippen LogP contribution is -2.24. The van der Waals surface area contributed by atoms with E-state index in [4.69, 9.17) is 23.2 Å². The molecule has 0 aliphatic heterocycles. The van der Waals surface area contributed by atoms with E-state index in [1.165, 1.54) is 25.7 Å². The summed E-state index contributed by atoms with van der Waals surface area (Å²) in [5.41, 5.74) is 0.931. The van der Waals surface area contributed by atoms with Gasteiger partial charge in [0.2, 0.25) is 0 Å². The van der Waals surface area contributed by atoms with Gasteiger partial charge in [-0.3, -0.25) is 4.98 Å². The summed E-state index contributed by atoms with van der Waals surface area (Å²) in [6.07, 6.45) is 6.81. The third-order valence-corrected chi connectivity index (χ3v) is 3.82. The van der Waals surface area contributed by atoms with Gasteiger partial charge in [0.05, 0.1) is 21.8 Å². The lowest BCUT2D eigenvalue weighted by Gasteiger charge is -2.23. The molecule has 1 aliphatic rings. The maximum Gasteiger partial charge on any atom is 0.0762 e. The van der Waals surface area contributed by atoms with Crippen LogP contribution in [-0.4, -0.2) is 12.0 Å². The molecule has 0 spiro atoms. The molecule has 1 heterocycles. The van der Waals surface area contributed by atoms with Gasteiger partial charge in [0.25, 0.3) is 0 Å². The summed E-state index contributed by atoms with van der Waals surface area (Å²) < 4.78 is 0. The third-order valence-electron chi connectivity index (χ3n) is 3.31. The molecule has 2 rings (SSSR count). The van der Waals surface area contributed by atoms with Crippen LogP contribution in [0.15, 0.2) is 12.3 Å². The van der Waals surface area contributed by atoms with Crippen molar-refractivity contribution in [3.63, 3.8) is 0 Å². The zero-order valence-electron chi connectivity index (χ0n) is 9.34. The fourth-order valence-corrected chi connectivity index (χ4v) is 3.04. The Hall–Kier alpha value is -0.310. The Morgan fingerprint density at radius 2 is 2.06 bits per heavy atom. The van der Waals surface area contributed by atoms with Gasteiger partial charge >= 0.3 is 0 Å². The van der Waals surface area contributed by atoms with Gasteiger partial charge < -0.3 is 5.32 Å². The predicted molar refractivity (Wildman–Crippen MR) is 68.0 cm³/mol. The molecule has 0 amide bonds. The first-order valence-corrected chi connectivity index (χ1v) is 6.46. The van der Waals surface area contributed by atoms with Crippen molar-refractivity contribution < 1.29 is 0 Å². The number of aromatic nitrogens is 1. The molecular weight excluding hydrogens is 243 g/mol. The van der Waals surface area contributed by atoms with Crippen LogP contribution in [0.4, 0.5) is 0 Å². The van der Waals surface area contributed by atoms with Gasteiger partial charge in [0.15, 0.2) is 0 Å². The minimum atomic E-state index is 0.257. The smallest absolute Gasteiger partial charge is 0.0762 e. The first kappa shape index (κ1) is 12.2. The van der Waals surface area contributed by atoms with Gasteiger partial charge in [-0.25, -0.2) is 0 Å². The van der Waals surface area contributed by atoms with Crippen molar-refractivity contribution in [1.29, 1.82) is 0 Å². The van der Waals surface area contributed by atoms with E-state index in [0.717, 1.165) is 5.69 Å². The first-order valence-electron chi connectivity index (χ1n) is 5.70. The lowest BCUT2D eigenvalue weighted by molar-refractivity contribution is 0.383. The monoisotopic (exact) mass is 258 g/mol. The zero-order chi connectivity index (χ0) is 11.5. The highest BCUT2D eigenvalue weighted by Gasteiger charge is 2.27. The quantitative estimate of drug-likeness (QED) is 0.892. The topological polar surface area (TPSA) is 24.9 Å². The summed E-state index contributed by atoms with van der Waals surface area (Å²) in [5.74, 6) is 0.649. The van der Waals surface area contributed by atoms with Crippen LogP contribution in [0.5, 0.6) is 0 Å². The Morgan fingerprint density at radius 1 is 1.38 bits per heavy atom. The normalized spacial score (nSPS) is 18.9. The lowest BCUT2D eigenvalue weighted by atomic mass is 9.95. The van der Waals surface area contributed by atoms with Crippen LogP contribution in [0.25, 0.3) is 0 Å². The number of hydrogen-bond acceptors (Lipinski definition) is 2. The Morgan fingerprint density at radius 3 is 2.62 bits per heavy atom. The van der Waals surface area contributed by atoms with Gasteiger partial charge in [-0.15, -0.1) is 0 Å². The van der Waals surface area contributed by atoms with Crippen LogP contribution in [0.2, 0.25) is 10.0 Å². The maximum atomic E-state index is 6.19. The molecule has 0 bridgehead atoms. The van der Waals surface area contributed by atoms with Crippen molar-refractivity contribution >= 4 is 23.2 Å². The van der Waals surface area contributed by atoms with Crippen LogP contribution >= 0.6 is 23.2 Å². The summed E-state index contributed by atoms with van der Waals surface area (Å²) in [6.45, 7) is 0. The summed E-state index contributed by atoms with van der Waals surface area (Å²) in [6, 6.07) is 2.03. The number of hydrogen-bond donors (Lipinski definition) is 1. The second-order valence-corrected chi connectivity index (χ2v) is 5.18. The molecule has 2 nitrogen and oxygen atoms in total. The van der Waals surface area contributed by atoms with E-state index >= 15 is 0 Å². The molecule has 1 aliphatic carbocycles. The average Bonchev–Trinajstić information content (AvgIpc) is 2.75. The van der Waals surface area contributed by atoms with Crippen molar-refractivity contribution in [3.05, 3.63) is 28.0 Å². The van der Waals surface area contributed by atoms with Crippen molar-refractivity contribution in [1.82, 2.24) is 10.3 Å². The standard InChI is InChI=1S/C12H16Cl2N2/c1-15-11(8-4-2-3-5-8)12-10(14)6-9(13)7-16-12/h6-8,11,15H,2-5H2,1H3. The SMILES string of the molecule is CNC(c1ncc(Cl)cc1Cl)C1CCCC1. The van der Waals surface area contributed by atoms with Gasteiger partial charge in [-0.2, -0.15) is 0 Å². The Bertz CT molecular complexity index is 362. The highest BCUT2D eigenvalue weighted by Crippen LogP contribution is 2.37. The fourth-order valence-electron chi connectivity index (χ4n) is 2.54. The molecule has 1 N–H and O–H groups in total. The van der Waals surface area contributed by atoms with Gasteiger partial charge in [-0.05, 0) is 31.9 Å². The number of rotatable bonds is 3. The Kier molecular flexibility index (Phi) is 4.06. The fraction of sp³-hybridized carbons (Fsp3) is 0.583. The average molecular weight is 259 g/mol. The van der Waals surface area contributed by atoms with E-state index in [2.05, 4.69) is 10.3 Å². The van der Waals surface area contributed by atoms with Crippen LogP contribution in [-0.2, 0) is 0 Å². The molecule has 0 aromatic carbocycles. The molecule has 88 valence electrons. The molecule has 1 aromatic heterocycles. The van der Waals surface area contributed by atoms with Crippen molar-refractivity contribution in [3.8, 4) is 0 Å². The van der Waals surface area contributed by atoms with Gasteiger partial charge in [0.1, 0.15) is 0 Å². The van der Waals surface area contributed by atoms with E-state index in [1.54, 1.807) is 12.3 Å². The molecular formula is C12H16Cl2N2. The zero-order valence-corrected chi connectivity index (χ0v) is 10.9. The number of halogens is 2. The molecule has 4 heteroatoms. The third kappa shape index (κ3) is 2.50. The summed E-state index contributed by atoms with van der Waals surface area (Å²) in [4.78, 5) is 4.37. The molecule has 0 saturated heterocycles. The largest absolute Gasteiger partial charge is 0.311 e. The summed E-state index contributed by atoms with van der Waals surface area (Å²) in [7, 11) is 1.97. The van der Waals surface area contributed by atoms with E-state index in [1.807, 2.05) is 7.05 Å². The van der Waals surface area contributed by atoms with Crippen LogP contribution in [0.3, 0.4) is 0 Å². The Balaban J connectivity index is 2.25. The molecule has 1 saturated carbocycles. The van der Waals surface area contributed by atoms with Crippen molar-refractivity contribution in [2.24, 2.45) is 5.92 Å². The Labute approximate surface area is 106 Å². The van der Waals surface area contributed by atoms with E-state index < -0.39 is 0 Å². The number of pyridine rings is 1. The first-order chi connectivity index (χ1) is 7.72. The molecule has 16 heavy (non-hydrogen) atoms. The van der Waals surface area contributed by atoms with Crippen LogP contribution in [0, 0.1) is 5.92 Å². The number of nitrogens with one attached hydrogen (secondary N) is 1. The molecule has 0 radical (unpaired) electrons. The van der Waals surface area contributed by atoms with Crippen LogP contribution < -0.4 is 5.32 Å². The van der Waals surface area contributed by atoms with Crippen molar-refractivity contribution in [2.45, 2.75) is 31.7 Å². The van der Waals surface area contributed by atoms with Gasteiger partial charge in [0, 0.05) is 6.20 Å². The highest BCUT2D eigenvalue weighted by atomic mass is 35.5. The van der Waals surface area contributed by atoms with Crippen molar-refractivity contribution in [2.75, 3.05) is 7.05 Å². The molecule has 1 fully saturated rings. The number of nitrogens with zero attached hydrogens (tertiary/aromatic N) is 1. The minimum absolute atomic E-state index is 0.257. The van der Waals surface area contributed by atoms with E-state index in [-0.39, 0.29) is 6.04 Å². The second kappa shape index (κ2) is 5.35. The molecule has 1 unspecified atom stereocenters. The maximum absolute atomic E-state index is 6.19. The second-order valence-electron chi connectivity index (χ2n) is 4.33. The summed E-state index contributed by atoms with van der Waals surface area (Å²) in [5, 5.41) is 4.59. The summed E-state index contributed by atoms with van der Waals surface area (Å²) >= 11 is 12.1. The molecule has 1 aromatic rings. The predicted octanol–water partition coefficient (Wildman–Crippen LogP) is 3.84. The van der Waals surface area contributed by atoms with E-state index in [9.17, 15) is 0 Å². The molecule has 1 atom stereocenters.